The first kappa shape index (κ1) is 16.1. The summed E-state index contributed by atoms with van der Waals surface area (Å²) in [5.74, 6) is 1.44. The Kier molecular flexibility index (Phi) is 5.35. The predicted molar refractivity (Wildman–Crippen MR) is 85.6 cm³/mol. The predicted octanol–water partition coefficient (Wildman–Crippen LogP) is 3.68. The van der Waals surface area contributed by atoms with Gasteiger partial charge >= 0.3 is 0 Å². The number of benzene rings is 1. The molecule has 0 aromatic heterocycles. The topological polar surface area (TPSA) is 21.7 Å². The molecule has 1 heterocycles. The normalized spacial score (nSPS) is 22.8. The number of hydrogen-bond donors (Lipinski definition) is 0. The van der Waals surface area contributed by atoms with Crippen molar-refractivity contribution in [2.75, 3.05) is 26.1 Å². The Morgan fingerprint density at radius 1 is 1.50 bits per heavy atom. The molecule has 0 aliphatic carbocycles. The maximum absolute atomic E-state index is 5.98. The average Bonchev–Trinajstić information content (AvgIpc) is 2.37. The van der Waals surface area contributed by atoms with Crippen molar-refractivity contribution in [1.29, 1.82) is 0 Å². The van der Waals surface area contributed by atoms with Crippen molar-refractivity contribution >= 4 is 27.5 Å². The van der Waals surface area contributed by atoms with E-state index in [4.69, 9.17) is 21.1 Å². The number of rotatable bonds is 4. The van der Waals surface area contributed by atoms with Gasteiger partial charge in [-0.3, -0.25) is 4.90 Å². The second-order valence-electron chi connectivity index (χ2n) is 5.78. The van der Waals surface area contributed by atoms with Crippen LogP contribution in [0.1, 0.15) is 19.4 Å². The van der Waals surface area contributed by atoms with Gasteiger partial charge in [0.2, 0.25) is 0 Å². The van der Waals surface area contributed by atoms with Crippen molar-refractivity contribution in [3.8, 4) is 5.75 Å². The molecule has 1 aromatic carbocycles. The molecule has 0 N–H and O–H groups in total. The standard InChI is InChI=1S/C15H21BrClNO2/c1-15(2)10-18(9-13(7-17)20-15)8-11-6-12(16)4-5-14(11)19-3/h4-6,13H,7-10H2,1-3H3. The fourth-order valence-corrected chi connectivity index (χ4v) is 3.30. The van der Waals surface area contributed by atoms with Crippen LogP contribution in [0.5, 0.6) is 5.75 Å². The molecule has 5 heteroatoms. The van der Waals surface area contributed by atoms with Gasteiger partial charge in [0.1, 0.15) is 5.75 Å². The molecule has 1 aliphatic rings. The van der Waals surface area contributed by atoms with Gasteiger partial charge in [-0.05, 0) is 32.0 Å². The van der Waals surface area contributed by atoms with E-state index >= 15 is 0 Å². The lowest BCUT2D eigenvalue weighted by molar-refractivity contribution is -0.129. The van der Waals surface area contributed by atoms with Gasteiger partial charge in [-0.1, -0.05) is 15.9 Å². The highest BCUT2D eigenvalue weighted by atomic mass is 79.9. The molecule has 0 saturated carbocycles. The van der Waals surface area contributed by atoms with Crippen LogP contribution in [0.25, 0.3) is 0 Å². The molecule has 1 saturated heterocycles. The van der Waals surface area contributed by atoms with Gasteiger partial charge < -0.3 is 9.47 Å². The van der Waals surface area contributed by atoms with E-state index in [9.17, 15) is 0 Å². The first-order valence-electron chi connectivity index (χ1n) is 6.72. The fraction of sp³-hybridized carbons (Fsp3) is 0.600. The molecule has 1 unspecified atom stereocenters. The maximum Gasteiger partial charge on any atom is 0.123 e. The number of methoxy groups -OCH3 is 1. The monoisotopic (exact) mass is 361 g/mol. The number of hydrogen-bond acceptors (Lipinski definition) is 3. The Morgan fingerprint density at radius 3 is 2.90 bits per heavy atom. The lowest BCUT2D eigenvalue weighted by atomic mass is 10.0. The highest BCUT2D eigenvalue weighted by Crippen LogP contribution is 2.28. The van der Waals surface area contributed by atoms with E-state index in [0.717, 1.165) is 29.9 Å². The van der Waals surface area contributed by atoms with Crippen molar-refractivity contribution in [2.45, 2.75) is 32.1 Å². The van der Waals surface area contributed by atoms with Crippen molar-refractivity contribution in [3.05, 3.63) is 28.2 Å². The van der Waals surface area contributed by atoms with Gasteiger partial charge in [0, 0.05) is 35.6 Å². The Bertz CT molecular complexity index is 467. The van der Waals surface area contributed by atoms with Gasteiger partial charge in [0.25, 0.3) is 0 Å². The van der Waals surface area contributed by atoms with E-state index in [1.165, 1.54) is 5.56 Å². The van der Waals surface area contributed by atoms with Crippen molar-refractivity contribution in [2.24, 2.45) is 0 Å². The molecule has 1 atom stereocenters. The number of alkyl halides is 1. The van der Waals surface area contributed by atoms with E-state index in [1.54, 1.807) is 7.11 Å². The molecule has 1 aromatic rings. The molecule has 0 spiro atoms. The minimum Gasteiger partial charge on any atom is -0.496 e. The maximum atomic E-state index is 5.98. The van der Waals surface area contributed by atoms with Crippen LogP contribution in [0, 0.1) is 0 Å². The average molecular weight is 363 g/mol. The highest BCUT2D eigenvalue weighted by molar-refractivity contribution is 9.10. The summed E-state index contributed by atoms with van der Waals surface area (Å²) in [7, 11) is 1.71. The molecule has 112 valence electrons. The Labute approximate surface area is 134 Å². The van der Waals surface area contributed by atoms with Gasteiger partial charge in [-0.25, -0.2) is 0 Å². The molecular formula is C15H21BrClNO2. The number of ether oxygens (including phenoxy) is 2. The van der Waals surface area contributed by atoms with Crippen LogP contribution in [0.15, 0.2) is 22.7 Å². The van der Waals surface area contributed by atoms with Crippen LogP contribution in [-0.2, 0) is 11.3 Å². The van der Waals surface area contributed by atoms with Crippen molar-refractivity contribution in [3.63, 3.8) is 0 Å². The zero-order chi connectivity index (χ0) is 14.8. The lowest BCUT2D eigenvalue weighted by Crippen LogP contribution is -2.52. The summed E-state index contributed by atoms with van der Waals surface area (Å²) in [6, 6.07) is 6.09. The Hall–Kier alpha value is -0.290. The third-order valence-electron chi connectivity index (χ3n) is 3.36. The molecule has 0 bridgehead atoms. The summed E-state index contributed by atoms with van der Waals surface area (Å²) in [5.41, 5.74) is 1.00. The van der Waals surface area contributed by atoms with E-state index in [-0.39, 0.29) is 11.7 Å². The molecule has 0 radical (unpaired) electrons. The SMILES string of the molecule is COc1ccc(Br)cc1CN1CC(CCl)OC(C)(C)C1. The van der Waals surface area contributed by atoms with Crippen LogP contribution >= 0.6 is 27.5 Å². The first-order chi connectivity index (χ1) is 9.43. The van der Waals surface area contributed by atoms with Gasteiger partial charge in [-0.2, -0.15) is 0 Å². The van der Waals surface area contributed by atoms with Crippen LogP contribution in [0.4, 0.5) is 0 Å². The second kappa shape index (κ2) is 6.65. The van der Waals surface area contributed by atoms with Gasteiger partial charge in [0.05, 0.1) is 18.8 Å². The number of nitrogens with zero attached hydrogens (tertiary/aromatic N) is 1. The van der Waals surface area contributed by atoms with Crippen molar-refractivity contribution < 1.29 is 9.47 Å². The van der Waals surface area contributed by atoms with Crippen molar-refractivity contribution in [1.82, 2.24) is 4.90 Å². The minimum absolute atomic E-state index is 0.0820. The third kappa shape index (κ3) is 4.10. The molecule has 3 nitrogen and oxygen atoms in total. The Balaban J connectivity index is 2.14. The quantitative estimate of drug-likeness (QED) is 0.763. The van der Waals surface area contributed by atoms with Crippen LogP contribution in [0.3, 0.4) is 0 Å². The summed E-state index contributed by atoms with van der Waals surface area (Å²) < 4.78 is 12.5. The van der Waals surface area contributed by atoms with Gasteiger partial charge in [-0.15, -0.1) is 11.6 Å². The summed E-state index contributed by atoms with van der Waals surface area (Å²) in [6.45, 7) is 6.79. The fourth-order valence-electron chi connectivity index (χ4n) is 2.73. The lowest BCUT2D eigenvalue weighted by Gasteiger charge is -2.42. The molecule has 20 heavy (non-hydrogen) atoms. The van der Waals surface area contributed by atoms with E-state index in [1.807, 2.05) is 12.1 Å². The van der Waals surface area contributed by atoms with Crippen LogP contribution in [-0.4, -0.2) is 42.7 Å². The summed E-state index contributed by atoms with van der Waals surface area (Å²) in [5, 5.41) is 0. The summed E-state index contributed by atoms with van der Waals surface area (Å²) in [4.78, 5) is 2.38. The van der Waals surface area contributed by atoms with Crippen LogP contribution in [0.2, 0.25) is 0 Å². The zero-order valence-electron chi connectivity index (χ0n) is 12.2. The van der Waals surface area contributed by atoms with Gasteiger partial charge in [0.15, 0.2) is 0 Å². The third-order valence-corrected chi connectivity index (χ3v) is 4.20. The highest BCUT2D eigenvalue weighted by Gasteiger charge is 2.33. The minimum atomic E-state index is -0.170. The molecule has 0 amide bonds. The van der Waals surface area contributed by atoms with E-state index in [2.05, 4.69) is 40.7 Å². The van der Waals surface area contributed by atoms with Crippen LogP contribution < -0.4 is 4.74 Å². The second-order valence-corrected chi connectivity index (χ2v) is 7.00. The largest absolute Gasteiger partial charge is 0.496 e. The number of morpholine rings is 1. The molecule has 1 aliphatic heterocycles. The summed E-state index contributed by atoms with van der Waals surface area (Å²) in [6.07, 6.45) is 0.0820. The molecule has 1 fully saturated rings. The summed E-state index contributed by atoms with van der Waals surface area (Å²) >= 11 is 9.49. The number of halogens is 2. The Morgan fingerprint density at radius 2 is 2.25 bits per heavy atom. The van der Waals surface area contributed by atoms with E-state index < -0.39 is 0 Å². The molecule has 2 rings (SSSR count). The molecular weight excluding hydrogens is 342 g/mol. The first-order valence-corrected chi connectivity index (χ1v) is 8.05. The zero-order valence-corrected chi connectivity index (χ0v) is 14.5. The smallest absolute Gasteiger partial charge is 0.123 e. The van der Waals surface area contributed by atoms with E-state index in [0.29, 0.717) is 5.88 Å².